The van der Waals surface area contributed by atoms with Crippen molar-refractivity contribution in [3.8, 4) is 0 Å². The largest absolute Gasteiger partial charge is 0.353 e. The molecule has 3 nitrogen and oxygen atoms in total. The molecule has 1 fully saturated rings. The van der Waals surface area contributed by atoms with Gasteiger partial charge in [-0.1, -0.05) is 25.8 Å². The van der Waals surface area contributed by atoms with Crippen molar-refractivity contribution in [3.05, 3.63) is 28.8 Å². The molecule has 1 unspecified atom stereocenters. The number of thiazole rings is 1. The Balaban J connectivity index is 1.54. The van der Waals surface area contributed by atoms with E-state index in [1.165, 1.54) is 35.9 Å². The third-order valence-corrected chi connectivity index (χ3v) is 6.04. The normalized spacial score (nSPS) is 16.8. The third-order valence-electron chi connectivity index (χ3n) is 4.97. The van der Waals surface area contributed by atoms with E-state index in [-0.39, 0.29) is 5.91 Å². The Kier molecular flexibility index (Phi) is 5.31. The molecule has 1 N–H and O–H groups in total. The summed E-state index contributed by atoms with van der Waals surface area (Å²) < 4.78 is 1.24. The number of rotatable bonds is 6. The third kappa shape index (κ3) is 4.11. The monoisotopic (exact) mass is 330 g/mol. The van der Waals surface area contributed by atoms with Crippen LogP contribution in [0.15, 0.2) is 18.2 Å². The second kappa shape index (κ2) is 7.43. The molecule has 1 atom stereocenters. The maximum atomic E-state index is 12.2. The van der Waals surface area contributed by atoms with Gasteiger partial charge in [0.25, 0.3) is 0 Å². The number of amides is 1. The summed E-state index contributed by atoms with van der Waals surface area (Å²) in [6, 6.07) is 6.77. The Morgan fingerprint density at radius 1 is 1.39 bits per heavy atom. The van der Waals surface area contributed by atoms with Gasteiger partial charge in [0, 0.05) is 18.9 Å². The van der Waals surface area contributed by atoms with E-state index in [0.717, 1.165) is 23.4 Å². The lowest BCUT2D eigenvalue weighted by Gasteiger charge is -2.20. The van der Waals surface area contributed by atoms with Crippen molar-refractivity contribution in [2.24, 2.45) is 5.92 Å². The van der Waals surface area contributed by atoms with Gasteiger partial charge in [0.15, 0.2) is 0 Å². The first kappa shape index (κ1) is 16.4. The first-order chi connectivity index (χ1) is 11.2. The molecule has 0 saturated heterocycles. The molecular formula is C19H26N2OS. The molecule has 23 heavy (non-hydrogen) atoms. The lowest BCUT2D eigenvalue weighted by atomic mass is 10.00. The fourth-order valence-corrected chi connectivity index (χ4v) is 4.50. The van der Waals surface area contributed by atoms with Crippen LogP contribution >= 0.6 is 11.3 Å². The number of benzene rings is 1. The fraction of sp³-hybridized carbons (Fsp3) is 0.579. The van der Waals surface area contributed by atoms with Gasteiger partial charge >= 0.3 is 0 Å². The molecule has 4 heteroatoms. The number of fused-ring (bicyclic) bond motifs is 1. The van der Waals surface area contributed by atoms with Gasteiger partial charge in [-0.15, -0.1) is 11.3 Å². The second-order valence-electron chi connectivity index (χ2n) is 6.66. The zero-order valence-corrected chi connectivity index (χ0v) is 14.9. The number of carbonyl (C=O) groups is 1. The topological polar surface area (TPSA) is 42.0 Å². The highest BCUT2D eigenvalue weighted by molar-refractivity contribution is 7.18. The van der Waals surface area contributed by atoms with Gasteiger partial charge in [0.05, 0.1) is 15.2 Å². The van der Waals surface area contributed by atoms with Gasteiger partial charge in [-0.3, -0.25) is 4.79 Å². The summed E-state index contributed by atoms with van der Waals surface area (Å²) in [5, 5.41) is 4.25. The minimum Gasteiger partial charge on any atom is -0.353 e. The van der Waals surface area contributed by atoms with Crippen LogP contribution in [-0.2, 0) is 17.6 Å². The van der Waals surface area contributed by atoms with E-state index in [9.17, 15) is 4.79 Å². The zero-order chi connectivity index (χ0) is 16.2. The summed E-state index contributed by atoms with van der Waals surface area (Å²) in [5.41, 5.74) is 2.40. The van der Waals surface area contributed by atoms with E-state index in [1.807, 2.05) is 0 Å². The molecule has 2 aromatic rings. The SMILES string of the molecule is CCc1ccc2nc(CCC(=O)NC(C)C3CCCC3)sc2c1. The molecule has 1 aromatic heterocycles. The summed E-state index contributed by atoms with van der Waals surface area (Å²) in [7, 11) is 0. The Morgan fingerprint density at radius 3 is 2.91 bits per heavy atom. The van der Waals surface area contributed by atoms with Crippen molar-refractivity contribution in [2.75, 3.05) is 0 Å². The molecule has 0 bridgehead atoms. The average Bonchev–Trinajstić information content (AvgIpc) is 3.21. The number of nitrogens with zero attached hydrogens (tertiary/aromatic N) is 1. The molecule has 1 amide bonds. The average molecular weight is 330 g/mol. The molecule has 3 rings (SSSR count). The molecule has 1 aliphatic rings. The summed E-state index contributed by atoms with van der Waals surface area (Å²) in [4.78, 5) is 16.8. The van der Waals surface area contributed by atoms with E-state index in [0.29, 0.717) is 18.4 Å². The Labute approximate surface area is 142 Å². The lowest BCUT2D eigenvalue weighted by molar-refractivity contribution is -0.122. The Bertz CT molecular complexity index is 673. The number of aromatic nitrogens is 1. The van der Waals surface area contributed by atoms with Crippen LogP contribution in [0.3, 0.4) is 0 Å². The number of hydrogen-bond donors (Lipinski definition) is 1. The van der Waals surface area contributed by atoms with Crippen LogP contribution in [-0.4, -0.2) is 16.9 Å². The first-order valence-corrected chi connectivity index (χ1v) is 9.65. The van der Waals surface area contributed by atoms with Gasteiger partial charge in [-0.05, 0) is 49.8 Å². The van der Waals surface area contributed by atoms with Crippen LogP contribution in [0.5, 0.6) is 0 Å². The summed E-state index contributed by atoms with van der Waals surface area (Å²) in [6.07, 6.45) is 7.48. The number of hydrogen-bond acceptors (Lipinski definition) is 3. The quantitative estimate of drug-likeness (QED) is 0.848. The molecule has 1 aliphatic carbocycles. The Hall–Kier alpha value is -1.42. The van der Waals surface area contributed by atoms with E-state index < -0.39 is 0 Å². The van der Waals surface area contributed by atoms with E-state index in [4.69, 9.17) is 0 Å². The predicted octanol–water partition coefficient (Wildman–Crippen LogP) is 4.49. The summed E-state index contributed by atoms with van der Waals surface area (Å²) >= 11 is 1.72. The maximum absolute atomic E-state index is 12.2. The van der Waals surface area contributed by atoms with Crippen LogP contribution in [0.1, 0.15) is 56.5 Å². The van der Waals surface area contributed by atoms with Gasteiger partial charge in [0.2, 0.25) is 5.91 Å². The number of carbonyl (C=O) groups excluding carboxylic acids is 1. The summed E-state index contributed by atoms with van der Waals surface area (Å²) in [5.74, 6) is 0.840. The minimum absolute atomic E-state index is 0.165. The molecule has 1 aromatic carbocycles. The van der Waals surface area contributed by atoms with Gasteiger partial charge in [-0.2, -0.15) is 0 Å². The van der Waals surface area contributed by atoms with E-state index in [2.05, 4.69) is 42.3 Å². The van der Waals surface area contributed by atoms with Crippen molar-refractivity contribution >= 4 is 27.5 Å². The van der Waals surface area contributed by atoms with Gasteiger partial charge in [-0.25, -0.2) is 4.98 Å². The second-order valence-corrected chi connectivity index (χ2v) is 7.78. The molecule has 0 aliphatic heterocycles. The smallest absolute Gasteiger partial charge is 0.220 e. The first-order valence-electron chi connectivity index (χ1n) is 8.83. The molecule has 0 spiro atoms. The highest BCUT2D eigenvalue weighted by Gasteiger charge is 2.22. The highest BCUT2D eigenvalue weighted by atomic mass is 32.1. The van der Waals surface area contributed by atoms with Gasteiger partial charge < -0.3 is 5.32 Å². The minimum atomic E-state index is 0.165. The zero-order valence-electron chi connectivity index (χ0n) is 14.1. The van der Waals surface area contributed by atoms with Crippen LogP contribution in [0, 0.1) is 5.92 Å². The molecule has 0 radical (unpaired) electrons. The number of aryl methyl sites for hydroxylation is 2. The molecule has 1 saturated carbocycles. The number of nitrogens with one attached hydrogen (secondary N) is 1. The lowest BCUT2D eigenvalue weighted by Crippen LogP contribution is -2.37. The van der Waals surface area contributed by atoms with Crippen molar-refractivity contribution < 1.29 is 4.79 Å². The summed E-state index contributed by atoms with van der Waals surface area (Å²) in [6.45, 7) is 4.32. The van der Waals surface area contributed by atoms with Crippen LogP contribution in [0.25, 0.3) is 10.2 Å². The van der Waals surface area contributed by atoms with Crippen molar-refractivity contribution in [3.63, 3.8) is 0 Å². The predicted molar refractivity (Wildman–Crippen MR) is 96.9 cm³/mol. The van der Waals surface area contributed by atoms with Crippen molar-refractivity contribution in [1.29, 1.82) is 0 Å². The van der Waals surface area contributed by atoms with E-state index >= 15 is 0 Å². The standard InChI is InChI=1S/C19H26N2OS/c1-3-14-8-9-16-17(12-14)23-19(21-16)11-10-18(22)20-13(2)15-6-4-5-7-15/h8-9,12-13,15H,3-7,10-11H2,1-2H3,(H,20,22). The van der Waals surface area contributed by atoms with Gasteiger partial charge in [0.1, 0.15) is 0 Å². The molecule has 124 valence electrons. The van der Waals surface area contributed by atoms with Crippen LogP contribution in [0.4, 0.5) is 0 Å². The van der Waals surface area contributed by atoms with E-state index in [1.54, 1.807) is 11.3 Å². The maximum Gasteiger partial charge on any atom is 0.220 e. The van der Waals surface area contributed by atoms with Crippen molar-refractivity contribution in [1.82, 2.24) is 10.3 Å². The molecular weight excluding hydrogens is 304 g/mol. The fourth-order valence-electron chi connectivity index (χ4n) is 3.47. The highest BCUT2D eigenvalue weighted by Crippen LogP contribution is 2.28. The van der Waals surface area contributed by atoms with Crippen LogP contribution < -0.4 is 5.32 Å². The van der Waals surface area contributed by atoms with Crippen molar-refractivity contribution in [2.45, 2.75) is 64.8 Å². The Morgan fingerprint density at radius 2 is 2.17 bits per heavy atom. The van der Waals surface area contributed by atoms with Crippen LogP contribution in [0.2, 0.25) is 0 Å². The molecule has 1 heterocycles.